The zero-order valence-corrected chi connectivity index (χ0v) is 38.4. The molecule has 10 aromatic rings. The molecule has 0 spiro atoms. The van der Waals surface area contributed by atoms with E-state index in [0.717, 1.165) is 61.2 Å². The molecule has 0 radical (unpaired) electrons. The Bertz CT molecular complexity index is 3180. The first-order valence-corrected chi connectivity index (χ1v) is 22.4. The second-order valence-corrected chi connectivity index (χ2v) is 19.1. The molecule has 0 aliphatic rings. The van der Waals surface area contributed by atoms with Crippen molar-refractivity contribution >= 4 is 46.1 Å². The van der Waals surface area contributed by atoms with E-state index in [0.29, 0.717) is 23.6 Å². The van der Waals surface area contributed by atoms with E-state index in [1.54, 1.807) is 0 Å². The molecule has 0 saturated heterocycles. The third kappa shape index (κ3) is 8.68. The van der Waals surface area contributed by atoms with Crippen molar-refractivity contribution in [3.8, 4) is 51.5 Å². The molecule has 0 saturated carbocycles. The zero-order valence-electron chi connectivity index (χ0n) is 38.4. The van der Waals surface area contributed by atoms with Crippen molar-refractivity contribution < 1.29 is 8.83 Å². The van der Waals surface area contributed by atoms with E-state index in [9.17, 15) is 0 Å². The minimum absolute atomic E-state index is 0.0780. The van der Waals surface area contributed by atoms with E-state index < -0.39 is 0 Å². The number of nitrogens with zero attached hydrogens (tertiary/aromatic N) is 5. The minimum atomic E-state index is 0.0780. The van der Waals surface area contributed by atoms with Crippen LogP contribution in [0.15, 0.2) is 167 Å². The molecule has 3 aromatic heterocycles. The van der Waals surface area contributed by atoms with Crippen LogP contribution >= 0.6 is 0 Å². The summed E-state index contributed by atoms with van der Waals surface area (Å²) in [5.74, 6) is 2.01. The lowest BCUT2D eigenvalue weighted by molar-refractivity contribution is 0.582. The lowest BCUT2D eigenvalue weighted by atomic mass is 9.87. The predicted octanol–water partition coefficient (Wildman–Crippen LogP) is 15.5. The molecule has 7 nitrogen and oxygen atoms in total. The summed E-state index contributed by atoms with van der Waals surface area (Å²) in [6, 6.07) is 55.3. The predicted molar refractivity (Wildman–Crippen MR) is 271 cm³/mol. The van der Waals surface area contributed by atoms with Crippen LogP contribution in [0.25, 0.3) is 97.6 Å². The molecule has 0 aliphatic carbocycles. The fourth-order valence-electron chi connectivity index (χ4n) is 8.24. The second-order valence-electron chi connectivity index (χ2n) is 19.1. The number of benzene rings is 7. The molecule has 0 atom stereocenters. The number of rotatable bonds is 9. The summed E-state index contributed by atoms with van der Waals surface area (Å²) < 4.78 is 14.6. The van der Waals surface area contributed by atoms with E-state index in [1.165, 1.54) is 27.5 Å². The van der Waals surface area contributed by atoms with Gasteiger partial charge in [-0.1, -0.05) is 144 Å². The Morgan fingerprint density at radius 1 is 0.379 bits per heavy atom. The average Bonchev–Trinajstić information content (AvgIpc) is 4.10. The van der Waals surface area contributed by atoms with Gasteiger partial charge in [-0.3, -0.25) is 0 Å². The molecule has 0 bridgehead atoms. The van der Waals surface area contributed by atoms with E-state index in [-0.39, 0.29) is 10.8 Å². The Balaban J connectivity index is 0.886. The topological polar surface area (TPSA) is 82.8 Å². The quantitative estimate of drug-likeness (QED) is 0.134. The van der Waals surface area contributed by atoms with Gasteiger partial charge in [-0.15, -0.1) is 20.4 Å². The monoisotopic (exact) mass is 861 g/mol. The van der Waals surface area contributed by atoms with Crippen LogP contribution in [0.3, 0.4) is 0 Å². The summed E-state index contributed by atoms with van der Waals surface area (Å²) in [6.45, 7) is 15.4. The highest BCUT2D eigenvalue weighted by atomic mass is 16.4. The van der Waals surface area contributed by atoms with Gasteiger partial charge in [0, 0.05) is 38.7 Å². The van der Waals surface area contributed by atoms with Crippen molar-refractivity contribution in [2.24, 2.45) is 0 Å². The molecule has 324 valence electrons. The first-order chi connectivity index (χ1) is 31.8. The highest BCUT2D eigenvalue weighted by molar-refractivity contribution is 6.10. The van der Waals surface area contributed by atoms with E-state index in [4.69, 9.17) is 8.83 Å². The maximum Gasteiger partial charge on any atom is 0.248 e. The number of aryl methyl sites for hydroxylation is 1. The highest BCUT2D eigenvalue weighted by Gasteiger charge is 2.18. The fourth-order valence-corrected chi connectivity index (χ4v) is 8.24. The molecular weight excluding hydrogens is 811 g/mol. The van der Waals surface area contributed by atoms with Crippen LogP contribution in [-0.2, 0) is 10.8 Å². The van der Waals surface area contributed by atoms with Gasteiger partial charge in [-0.2, -0.15) is 0 Å². The van der Waals surface area contributed by atoms with Crippen LogP contribution < -0.4 is 0 Å². The second kappa shape index (κ2) is 16.9. The van der Waals surface area contributed by atoms with Crippen molar-refractivity contribution in [2.75, 3.05) is 0 Å². The van der Waals surface area contributed by atoms with Gasteiger partial charge in [0.1, 0.15) is 0 Å². The number of fused-ring (bicyclic) bond motifs is 3. The molecule has 3 heterocycles. The van der Waals surface area contributed by atoms with Gasteiger partial charge in [0.25, 0.3) is 0 Å². The molecule has 0 unspecified atom stereocenters. The Labute approximate surface area is 385 Å². The van der Waals surface area contributed by atoms with Crippen LogP contribution in [-0.4, -0.2) is 25.0 Å². The minimum Gasteiger partial charge on any atom is -0.416 e. The standard InChI is InChI=1S/C59H51N5O2/c1-38-8-32-49(33-9-38)64-52-34-18-41(12-10-39-14-20-43(21-15-39)54-60-62-56(65-54)45-24-28-47(29-25-45)58(2,3)4)36-50(52)51-37-42(19-35-53(51)64)13-11-40-16-22-44(23-17-40)55-61-63-57(66-55)46-26-30-48(31-27-46)59(5,6)7/h8-37H,1-7H3/b12-10+,13-11+. The summed E-state index contributed by atoms with van der Waals surface area (Å²) in [7, 11) is 0. The van der Waals surface area contributed by atoms with Crippen molar-refractivity contribution in [1.82, 2.24) is 25.0 Å². The summed E-state index contributed by atoms with van der Waals surface area (Å²) in [5.41, 5.74) is 15.3. The first-order valence-electron chi connectivity index (χ1n) is 22.4. The summed E-state index contributed by atoms with van der Waals surface area (Å²) >= 11 is 0. The van der Waals surface area contributed by atoms with E-state index >= 15 is 0 Å². The normalized spacial score (nSPS) is 12.3. The summed E-state index contributed by atoms with van der Waals surface area (Å²) in [5, 5.41) is 19.8. The maximum atomic E-state index is 6.10. The van der Waals surface area contributed by atoms with Crippen molar-refractivity contribution in [2.45, 2.75) is 59.3 Å². The Kier molecular flexibility index (Phi) is 10.8. The lowest BCUT2D eigenvalue weighted by Crippen LogP contribution is -2.10. The van der Waals surface area contributed by atoms with Crippen LogP contribution in [0.5, 0.6) is 0 Å². The third-order valence-electron chi connectivity index (χ3n) is 12.2. The van der Waals surface area contributed by atoms with Crippen molar-refractivity contribution in [3.63, 3.8) is 0 Å². The molecule has 7 heteroatoms. The van der Waals surface area contributed by atoms with Gasteiger partial charge in [-0.25, -0.2) is 0 Å². The number of aromatic nitrogens is 5. The largest absolute Gasteiger partial charge is 0.416 e. The smallest absolute Gasteiger partial charge is 0.248 e. The Morgan fingerprint density at radius 3 is 1.05 bits per heavy atom. The molecule has 7 aromatic carbocycles. The molecule has 66 heavy (non-hydrogen) atoms. The fraction of sp³-hybridized carbons (Fsp3) is 0.153. The maximum absolute atomic E-state index is 6.10. The molecular formula is C59H51N5O2. The van der Waals surface area contributed by atoms with Gasteiger partial charge in [0.2, 0.25) is 23.6 Å². The van der Waals surface area contributed by atoms with Gasteiger partial charge in [0.05, 0.1) is 11.0 Å². The molecule has 0 amide bonds. The van der Waals surface area contributed by atoms with Crippen LogP contribution in [0.2, 0.25) is 0 Å². The van der Waals surface area contributed by atoms with Gasteiger partial charge in [-0.05, 0) is 136 Å². The van der Waals surface area contributed by atoms with Gasteiger partial charge in [0.15, 0.2) is 0 Å². The Morgan fingerprint density at radius 2 is 0.697 bits per heavy atom. The van der Waals surface area contributed by atoms with Crippen LogP contribution in [0.4, 0.5) is 0 Å². The average molecular weight is 862 g/mol. The molecule has 0 fully saturated rings. The van der Waals surface area contributed by atoms with Crippen LogP contribution in [0.1, 0.15) is 80.5 Å². The van der Waals surface area contributed by atoms with Gasteiger partial charge < -0.3 is 13.4 Å². The van der Waals surface area contributed by atoms with Crippen molar-refractivity contribution in [1.29, 1.82) is 0 Å². The first kappa shape index (κ1) is 42.1. The number of hydrogen-bond acceptors (Lipinski definition) is 6. The summed E-state index contributed by atoms with van der Waals surface area (Å²) in [4.78, 5) is 0. The molecule has 10 rings (SSSR count). The van der Waals surface area contributed by atoms with E-state index in [2.05, 4.69) is 207 Å². The molecule has 0 aliphatic heterocycles. The summed E-state index contributed by atoms with van der Waals surface area (Å²) in [6.07, 6.45) is 8.62. The highest BCUT2D eigenvalue weighted by Crippen LogP contribution is 2.35. The van der Waals surface area contributed by atoms with Crippen LogP contribution in [0, 0.1) is 6.92 Å². The number of hydrogen-bond donors (Lipinski definition) is 0. The lowest BCUT2D eigenvalue weighted by Gasteiger charge is -2.18. The van der Waals surface area contributed by atoms with Crippen molar-refractivity contribution in [3.05, 3.63) is 197 Å². The van der Waals surface area contributed by atoms with E-state index in [1.807, 2.05) is 48.5 Å². The molecule has 0 N–H and O–H groups in total. The Hall–Kier alpha value is -7.90. The van der Waals surface area contributed by atoms with Gasteiger partial charge >= 0.3 is 0 Å². The SMILES string of the molecule is Cc1ccc(-n2c3ccc(/C=C/c4ccc(-c5nnc(-c6ccc(C(C)(C)C)cc6)o5)cc4)cc3c3cc(/C=C/c4ccc(-c5nnc(-c6ccc(C(C)(C)C)cc6)o5)cc4)ccc32)cc1. The zero-order chi connectivity index (χ0) is 45.6. The third-order valence-corrected chi connectivity index (χ3v) is 12.2.